The van der Waals surface area contributed by atoms with Gasteiger partial charge in [0.15, 0.2) is 0 Å². The van der Waals surface area contributed by atoms with Crippen LogP contribution in [0.15, 0.2) is 23.0 Å². The highest BCUT2D eigenvalue weighted by Gasteiger charge is 2.21. The fraction of sp³-hybridized carbons (Fsp3) is 0.231. The summed E-state index contributed by atoms with van der Waals surface area (Å²) in [4.78, 5) is 24.1. The van der Waals surface area contributed by atoms with E-state index in [-0.39, 0.29) is 23.3 Å². The standard InChI is InChI=1S/C13H12ClNO4/c1-3-19-13(17)11-7(2)15(18)10-5-4-8(14)6-9(10)12(11)16/h4-6,18H,3H2,1-2H3. The zero-order chi connectivity index (χ0) is 14.2. The number of halogens is 1. The molecule has 19 heavy (non-hydrogen) atoms. The molecule has 2 aromatic rings. The third-order valence-corrected chi connectivity index (χ3v) is 3.05. The van der Waals surface area contributed by atoms with Gasteiger partial charge in [-0.25, -0.2) is 4.79 Å². The molecule has 1 aromatic carbocycles. The van der Waals surface area contributed by atoms with Crippen LogP contribution in [0.3, 0.4) is 0 Å². The Bertz CT molecular complexity index is 721. The van der Waals surface area contributed by atoms with Crippen LogP contribution in [0.4, 0.5) is 0 Å². The van der Waals surface area contributed by atoms with Crippen LogP contribution in [-0.4, -0.2) is 22.5 Å². The number of carbonyl (C=O) groups excluding carboxylic acids is 1. The molecule has 0 radical (unpaired) electrons. The van der Waals surface area contributed by atoms with Crippen molar-refractivity contribution < 1.29 is 14.7 Å². The lowest BCUT2D eigenvalue weighted by Gasteiger charge is -2.11. The summed E-state index contributed by atoms with van der Waals surface area (Å²) in [6, 6.07) is 4.48. The summed E-state index contributed by atoms with van der Waals surface area (Å²) in [5.74, 6) is -0.755. The number of carbonyl (C=O) groups is 1. The minimum absolute atomic E-state index is 0.137. The fourth-order valence-electron chi connectivity index (χ4n) is 1.90. The number of pyridine rings is 1. The topological polar surface area (TPSA) is 68.5 Å². The van der Waals surface area contributed by atoms with Gasteiger partial charge >= 0.3 is 5.97 Å². The quantitative estimate of drug-likeness (QED) is 0.678. The molecule has 0 spiro atoms. The molecule has 5 nitrogen and oxygen atoms in total. The van der Waals surface area contributed by atoms with Crippen molar-refractivity contribution in [3.8, 4) is 0 Å². The first kappa shape index (κ1) is 13.4. The highest BCUT2D eigenvalue weighted by atomic mass is 35.5. The highest BCUT2D eigenvalue weighted by Crippen LogP contribution is 2.19. The molecule has 0 saturated heterocycles. The Balaban J connectivity index is 2.86. The van der Waals surface area contributed by atoms with Crippen LogP contribution in [-0.2, 0) is 4.74 Å². The van der Waals surface area contributed by atoms with Gasteiger partial charge in [-0.3, -0.25) is 4.79 Å². The zero-order valence-electron chi connectivity index (χ0n) is 10.4. The minimum atomic E-state index is -0.755. The van der Waals surface area contributed by atoms with E-state index in [0.717, 1.165) is 4.73 Å². The van der Waals surface area contributed by atoms with Crippen LogP contribution in [0.5, 0.6) is 0 Å². The second-order valence-corrected chi connectivity index (χ2v) is 4.42. The summed E-state index contributed by atoms with van der Waals surface area (Å²) in [7, 11) is 0. The van der Waals surface area contributed by atoms with Gasteiger partial charge < -0.3 is 9.94 Å². The van der Waals surface area contributed by atoms with Crippen LogP contribution in [0.25, 0.3) is 10.9 Å². The van der Waals surface area contributed by atoms with Crippen molar-refractivity contribution in [3.05, 3.63) is 44.7 Å². The molecule has 0 aliphatic heterocycles. The average Bonchev–Trinajstić information content (AvgIpc) is 2.36. The second kappa shape index (κ2) is 4.93. The van der Waals surface area contributed by atoms with E-state index in [2.05, 4.69) is 0 Å². The number of hydrogen-bond acceptors (Lipinski definition) is 4. The molecule has 100 valence electrons. The smallest absolute Gasteiger partial charge is 0.344 e. The van der Waals surface area contributed by atoms with Crippen LogP contribution in [0.1, 0.15) is 23.0 Å². The maximum absolute atomic E-state index is 12.3. The summed E-state index contributed by atoms with van der Waals surface area (Å²) < 4.78 is 5.62. The van der Waals surface area contributed by atoms with Crippen molar-refractivity contribution >= 4 is 28.5 Å². The maximum Gasteiger partial charge on any atom is 0.344 e. The van der Waals surface area contributed by atoms with E-state index in [1.165, 1.54) is 19.1 Å². The van der Waals surface area contributed by atoms with E-state index in [1.54, 1.807) is 13.0 Å². The van der Waals surface area contributed by atoms with Crippen LogP contribution < -0.4 is 5.43 Å². The van der Waals surface area contributed by atoms with Crippen LogP contribution in [0, 0.1) is 6.92 Å². The highest BCUT2D eigenvalue weighted by molar-refractivity contribution is 6.31. The number of aromatic nitrogens is 1. The fourth-order valence-corrected chi connectivity index (χ4v) is 2.08. The van der Waals surface area contributed by atoms with E-state index in [4.69, 9.17) is 16.3 Å². The lowest BCUT2D eigenvalue weighted by Crippen LogP contribution is -2.23. The van der Waals surface area contributed by atoms with Gasteiger partial charge in [0, 0.05) is 5.02 Å². The molecule has 6 heteroatoms. The molecule has 0 aliphatic carbocycles. The summed E-state index contributed by atoms with van der Waals surface area (Å²) >= 11 is 5.83. The second-order valence-electron chi connectivity index (χ2n) is 3.98. The Morgan fingerprint density at radius 3 is 2.79 bits per heavy atom. The van der Waals surface area contributed by atoms with Crippen molar-refractivity contribution in [3.63, 3.8) is 0 Å². The molecule has 0 bridgehead atoms. The third kappa shape index (κ3) is 2.17. The normalized spacial score (nSPS) is 10.7. The van der Waals surface area contributed by atoms with Gasteiger partial charge in [0.05, 0.1) is 23.2 Å². The Hall–Kier alpha value is -2.01. The van der Waals surface area contributed by atoms with Crippen LogP contribution in [0.2, 0.25) is 5.02 Å². The van der Waals surface area contributed by atoms with Gasteiger partial charge in [0.1, 0.15) is 5.56 Å². The average molecular weight is 282 g/mol. The molecule has 1 N–H and O–H groups in total. The first-order valence-corrected chi connectivity index (χ1v) is 6.06. The van der Waals surface area contributed by atoms with E-state index < -0.39 is 11.4 Å². The summed E-state index contributed by atoms with van der Waals surface area (Å²) in [5, 5.41) is 10.5. The largest absolute Gasteiger partial charge is 0.462 e. The third-order valence-electron chi connectivity index (χ3n) is 2.82. The number of nitrogens with zero attached hydrogens (tertiary/aromatic N) is 1. The Morgan fingerprint density at radius 2 is 2.16 bits per heavy atom. The van der Waals surface area contributed by atoms with E-state index >= 15 is 0 Å². The lowest BCUT2D eigenvalue weighted by atomic mass is 10.1. The Morgan fingerprint density at radius 1 is 1.47 bits per heavy atom. The van der Waals surface area contributed by atoms with Crippen molar-refractivity contribution in [1.29, 1.82) is 0 Å². The van der Waals surface area contributed by atoms with Crippen LogP contribution >= 0.6 is 11.6 Å². The van der Waals surface area contributed by atoms with Gasteiger partial charge in [0.25, 0.3) is 0 Å². The van der Waals surface area contributed by atoms with E-state index in [1.807, 2.05) is 0 Å². The maximum atomic E-state index is 12.3. The van der Waals surface area contributed by atoms with E-state index in [9.17, 15) is 14.8 Å². The molecular formula is C13H12ClNO4. The first-order valence-electron chi connectivity index (χ1n) is 5.68. The molecular weight excluding hydrogens is 270 g/mol. The van der Waals surface area contributed by atoms with Crippen molar-refractivity contribution in [1.82, 2.24) is 4.73 Å². The minimum Gasteiger partial charge on any atom is -0.462 e. The van der Waals surface area contributed by atoms with Crippen molar-refractivity contribution in [2.75, 3.05) is 6.61 Å². The number of fused-ring (bicyclic) bond motifs is 1. The Labute approximate surface area is 113 Å². The summed E-state index contributed by atoms with van der Waals surface area (Å²) in [6.45, 7) is 3.26. The van der Waals surface area contributed by atoms with Crippen molar-refractivity contribution in [2.24, 2.45) is 0 Å². The number of hydrogen-bond donors (Lipinski definition) is 1. The lowest BCUT2D eigenvalue weighted by molar-refractivity contribution is 0.0519. The van der Waals surface area contributed by atoms with Gasteiger partial charge in [-0.2, -0.15) is 4.73 Å². The summed E-state index contributed by atoms with van der Waals surface area (Å²) in [6.07, 6.45) is 0. The van der Waals surface area contributed by atoms with Crippen molar-refractivity contribution in [2.45, 2.75) is 13.8 Å². The predicted molar refractivity (Wildman–Crippen MR) is 71.1 cm³/mol. The SMILES string of the molecule is CCOC(=O)c1c(C)n(O)c2ccc(Cl)cc2c1=O. The molecule has 0 aliphatic rings. The molecule has 0 atom stereocenters. The number of rotatable bonds is 2. The molecule has 1 heterocycles. The number of benzene rings is 1. The monoisotopic (exact) mass is 281 g/mol. The molecule has 0 unspecified atom stereocenters. The predicted octanol–water partition coefficient (Wildman–Crippen LogP) is 2.38. The van der Waals surface area contributed by atoms with Gasteiger partial charge in [0.2, 0.25) is 5.43 Å². The Kier molecular flexibility index (Phi) is 3.48. The summed E-state index contributed by atoms with van der Waals surface area (Å²) in [5.41, 5.74) is -0.254. The van der Waals surface area contributed by atoms with Gasteiger partial charge in [-0.15, -0.1) is 0 Å². The molecule has 0 amide bonds. The number of ether oxygens (including phenoxy) is 1. The molecule has 2 rings (SSSR count). The molecule has 1 aromatic heterocycles. The first-order chi connectivity index (χ1) is 8.97. The van der Waals surface area contributed by atoms with Gasteiger partial charge in [-0.1, -0.05) is 11.6 Å². The molecule has 0 fully saturated rings. The molecule has 0 saturated carbocycles. The number of esters is 1. The van der Waals surface area contributed by atoms with E-state index in [0.29, 0.717) is 10.5 Å². The van der Waals surface area contributed by atoms with Gasteiger partial charge in [-0.05, 0) is 32.0 Å². The zero-order valence-corrected chi connectivity index (χ0v) is 11.2.